The van der Waals surface area contributed by atoms with E-state index in [0.29, 0.717) is 5.95 Å². The Kier molecular flexibility index (Phi) is 6.66. The predicted octanol–water partition coefficient (Wildman–Crippen LogP) is 5.85. The number of nitrogens with zero attached hydrogens (tertiary/aromatic N) is 5. The summed E-state index contributed by atoms with van der Waals surface area (Å²) in [6, 6.07) is 15.5. The number of piperidine rings is 2. The molecule has 4 heterocycles. The van der Waals surface area contributed by atoms with Crippen LogP contribution in [0, 0.1) is 12.8 Å². The molecule has 0 bridgehead atoms. The maximum Gasteiger partial charge on any atom is 0.229 e. The SMILES string of the molecule is Cc1cnc(Nc2ccc(N3CCC(N4CCC(C)CC4)CC3)cc2)nc1Nc1ccc2cn[nH]c2c1. The number of aromatic amines is 1. The standard InChI is InChI=1S/C29H36N8/c1-20-9-13-36(14-10-20)26-11-15-37(16-12-26)25-7-5-23(6-8-25)33-29-30-18-21(2)28(34-29)32-24-4-3-22-19-31-35-27(22)17-24/h3-8,17-20,26H,9-16H2,1-2H3,(H,31,35)(H2,30,32,33,34). The lowest BCUT2D eigenvalue weighted by molar-refractivity contribution is 0.120. The molecule has 192 valence electrons. The number of anilines is 5. The van der Waals surface area contributed by atoms with Crippen LogP contribution >= 0.6 is 0 Å². The molecule has 0 amide bonds. The third-order valence-corrected chi connectivity index (χ3v) is 7.96. The summed E-state index contributed by atoms with van der Waals surface area (Å²) in [7, 11) is 0. The summed E-state index contributed by atoms with van der Waals surface area (Å²) in [5, 5.41) is 15.0. The van der Waals surface area contributed by atoms with E-state index in [-0.39, 0.29) is 0 Å². The van der Waals surface area contributed by atoms with Crippen molar-refractivity contribution in [1.29, 1.82) is 0 Å². The van der Waals surface area contributed by atoms with Crippen molar-refractivity contribution in [2.75, 3.05) is 41.7 Å². The van der Waals surface area contributed by atoms with Crippen molar-refractivity contribution in [2.45, 2.75) is 45.6 Å². The summed E-state index contributed by atoms with van der Waals surface area (Å²) in [4.78, 5) is 14.5. The van der Waals surface area contributed by atoms with Gasteiger partial charge in [-0.2, -0.15) is 10.1 Å². The highest BCUT2D eigenvalue weighted by Crippen LogP contribution is 2.28. The number of aryl methyl sites for hydroxylation is 1. The molecule has 2 saturated heterocycles. The number of hydrogen-bond donors (Lipinski definition) is 3. The molecule has 4 aromatic rings. The monoisotopic (exact) mass is 496 g/mol. The first-order valence-corrected chi connectivity index (χ1v) is 13.5. The first-order chi connectivity index (χ1) is 18.1. The summed E-state index contributed by atoms with van der Waals surface area (Å²) >= 11 is 0. The van der Waals surface area contributed by atoms with Gasteiger partial charge >= 0.3 is 0 Å². The molecule has 0 saturated carbocycles. The van der Waals surface area contributed by atoms with Crippen LogP contribution in [0.4, 0.5) is 28.8 Å². The van der Waals surface area contributed by atoms with Gasteiger partial charge in [-0.3, -0.25) is 5.10 Å². The Bertz CT molecular complexity index is 1330. The van der Waals surface area contributed by atoms with E-state index >= 15 is 0 Å². The number of likely N-dealkylation sites (tertiary alicyclic amines) is 1. The van der Waals surface area contributed by atoms with Crippen molar-refractivity contribution in [3.8, 4) is 0 Å². The Morgan fingerprint density at radius 3 is 2.41 bits per heavy atom. The Morgan fingerprint density at radius 2 is 1.62 bits per heavy atom. The number of fused-ring (bicyclic) bond motifs is 1. The Morgan fingerprint density at radius 1 is 0.865 bits per heavy atom. The number of nitrogens with one attached hydrogen (secondary N) is 3. The zero-order valence-corrected chi connectivity index (χ0v) is 21.7. The second kappa shape index (κ2) is 10.4. The first-order valence-electron chi connectivity index (χ1n) is 13.5. The Balaban J connectivity index is 1.07. The average Bonchev–Trinajstić information content (AvgIpc) is 3.40. The van der Waals surface area contributed by atoms with Gasteiger partial charge in [-0.25, -0.2) is 4.98 Å². The van der Waals surface area contributed by atoms with Crippen LogP contribution in [-0.4, -0.2) is 57.3 Å². The molecule has 37 heavy (non-hydrogen) atoms. The largest absolute Gasteiger partial charge is 0.371 e. The molecule has 0 unspecified atom stereocenters. The van der Waals surface area contributed by atoms with E-state index in [1.807, 2.05) is 37.5 Å². The van der Waals surface area contributed by atoms with Crippen molar-refractivity contribution >= 4 is 39.7 Å². The minimum Gasteiger partial charge on any atom is -0.371 e. The molecular formula is C29H36N8. The number of rotatable bonds is 6. The van der Waals surface area contributed by atoms with E-state index in [0.717, 1.165) is 58.7 Å². The molecule has 0 radical (unpaired) electrons. The second-order valence-electron chi connectivity index (χ2n) is 10.6. The predicted molar refractivity (Wildman–Crippen MR) is 151 cm³/mol. The number of aromatic nitrogens is 4. The van der Waals surface area contributed by atoms with E-state index in [2.05, 4.69) is 66.8 Å². The van der Waals surface area contributed by atoms with Gasteiger partial charge in [0.2, 0.25) is 5.95 Å². The zero-order valence-electron chi connectivity index (χ0n) is 21.7. The molecule has 2 aliphatic rings. The van der Waals surface area contributed by atoms with Gasteiger partial charge in [-0.1, -0.05) is 6.92 Å². The van der Waals surface area contributed by atoms with Crippen LogP contribution < -0.4 is 15.5 Å². The lowest BCUT2D eigenvalue weighted by Crippen LogP contribution is -2.47. The maximum absolute atomic E-state index is 4.73. The van der Waals surface area contributed by atoms with Gasteiger partial charge in [0.15, 0.2) is 0 Å². The van der Waals surface area contributed by atoms with E-state index < -0.39 is 0 Å². The van der Waals surface area contributed by atoms with Crippen LogP contribution in [-0.2, 0) is 0 Å². The summed E-state index contributed by atoms with van der Waals surface area (Å²) in [5.74, 6) is 2.24. The van der Waals surface area contributed by atoms with E-state index in [1.165, 1.54) is 44.5 Å². The molecule has 3 N–H and O–H groups in total. The normalized spacial score (nSPS) is 17.8. The lowest BCUT2D eigenvalue weighted by Gasteiger charge is -2.42. The van der Waals surface area contributed by atoms with Crippen molar-refractivity contribution in [1.82, 2.24) is 25.1 Å². The van der Waals surface area contributed by atoms with Crippen molar-refractivity contribution in [3.63, 3.8) is 0 Å². The van der Waals surface area contributed by atoms with E-state index in [1.54, 1.807) is 0 Å². The molecule has 8 heteroatoms. The molecule has 6 rings (SSSR count). The van der Waals surface area contributed by atoms with Crippen molar-refractivity contribution in [3.05, 3.63) is 60.4 Å². The van der Waals surface area contributed by atoms with Crippen LogP contribution in [0.2, 0.25) is 0 Å². The molecule has 0 aliphatic carbocycles. The van der Waals surface area contributed by atoms with Gasteiger partial charge in [0.25, 0.3) is 0 Å². The summed E-state index contributed by atoms with van der Waals surface area (Å²) < 4.78 is 0. The van der Waals surface area contributed by atoms with E-state index in [9.17, 15) is 0 Å². The molecule has 2 fully saturated rings. The minimum atomic E-state index is 0.570. The van der Waals surface area contributed by atoms with Crippen LogP contribution in [0.1, 0.15) is 38.2 Å². The summed E-state index contributed by atoms with van der Waals surface area (Å²) in [5.41, 5.74) is 5.19. The molecule has 2 aromatic carbocycles. The van der Waals surface area contributed by atoms with Crippen molar-refractivity contribution < 1.29 is 0 Å². The van der Waals surface area contributed by atoms with Gasteiger partial charge in [0.1, 0.15) is 5.82 Å². The summed E-state index contributed by atoms with van der Waals surface area (Å²) in [6.45, 7) is 9.22. The number of hydrogen-bond acceptors (Lipinski definition) is 7. The molecule has 8 nitrogen and oxygen atoms in total. The smallest absolute Gasteiger partial charge is 0.229 e. The van der Waals surface area contributed by atoms with Gasteiger partial charge in [0.05, 0.1) is 11.7 Å². The zero-order chi connectivity index (χ0) is 25.2. The van der Waals surface area contributed by atoms with Crippen LogP contribution in [0.3, 0.4) is 0 Å². The quantitative estimate of drug-likeness (QED) is 0.309. The number of benzene rings is 2. The number of H-pyrrole nitrogens is 1. The van der Waals surface area contributed by atoms with Gasteiger partial charge < -0.3 is 20.4 Å². The fraction of sp³-hybridized carbons (Fsp3) is 0.414. The maximum atomic E-state index is 4.73. The van der Waals surface area contributed by atoms with Gasteiger partial charge in [-0.15, -0.1) is 0 Å². The van der Waals surface area contributed by atoms with Crippen LogP contribution in [0.5, 0.6) is 0 Å². The Hall–Kier alpha value is -3.65. The third-order valence-electron chi connectivity index (χ3n) is 7.96. The molecule has 2 aromatic heterocycles. The Labute approximate surface area is 218 Å². The molecular weight excluding hydrogens is 460 g/mol. The second-order valence-corrected chi connectivity index (χ2v) is 10.6. The first kappa shape index (κ1) is 23.7. The molecule has 2 aliphatic heterocycles. The summed E-state index contributed by atoms with van der Waals surface area (Å²) in [6.07, 6.45) is 8.90. The highest BCUT2D eigenvalue weighted by atomic mass is 15.2. The van der Waals surface area contributed by atoms with Crippen molar-refractivity contribution in [2.24, 2.45) is 5.92 Å². The fourth-order valence-corrected chi connectivity index (χ4v) is 5.55. The third kappa shape index (κ3) is 5.39. The highest BCUT2D eigenvalue weighted by molar-refractivity contribution is 5.82. The topological polar surface area (TPSA) is 85.0 Å². The molecule has 0 spiro atoms. The molecule has 0 atom stereocenters. The van der Waals surface area contributed by atoms with E-state index in [4.69, 9.17) is 4.98 Å². The average molecular weight is 497 g/mol. The van der Waals surface area contributed by atoms with Crippen LogP contribution in [0.25, 0.3) is 10.9 Å². The van der Waals surface area contributed by atoms with Gasteiger partial charge in [0, 0.05) is 53.3 Å². The lowest BCUT2D eigenvalue weighted by atomic mass is 9.95. The fourth-order valence-electron chi connectivity index (χ4n) is 5.55. The van der Waals surface area contributed by atoms with Crippen LogP contribution in [0.15, 0.2) is 54.9 Å². The minimum absolute atomic E-state index is 0.570. The van der Waals surface area contributed by atoms with Gasteiger partial charge in [-0.05, 0) is 94.1 Å². The highest BCUT2D eigenvalue weighted by Gasteiger charge is 2.27.